The number of nitrogens with one attached hydrogen (secondary N) is 1. The molecule has 0 saturated heterocycles. The lowest BCUT2D eigenvalue weighted by atomic mass is 10.1. The Morgan fingerprint density at radius 2 is 1.80 bits per heavy atom. The maximum Gasteiger partial charge on any atom is 0.272 e. The van der Waals surface area contributed by atoms with E-state index in [0.717, 1.165) is 19.3 Å². The maximum absolute atomic E-state index is 12.0. The lowest BCUT2D eigenvalue weighted by molar-refractivity contribution is 0.0954. The quantitative estimate of drug-likeness (QED) is 0.432. The van der Waals surface area contributed by atoms with Crippen molar-refractivity contribution in [1.82, 2.24) is 5.43 Å². The van der Waals surface area contributed by atoms with Crippen LogP contribution in [0.5, 0.6) is 0 Å². The van der Waals surface area contributed by atoms with Crippen LogP contribution in [0.4, 0.5) is 0 Å². The average molecular weight is 443 g/mol. The Morgan fingerprint density at radius 3 is 2.45 bits per heavy atom. The fraction of sp³-hybridized carbons (Fsp3) is 0.0667. The highest BCUT2D eigenvalue weighted by Crippen LogP contribution is 2.12. The monoisotopic (exact) mass is 442 g/mol. The maximum atomic E-state index is 12.0. The number of rotatable bonds is 3. The molecule has 3 nitrogen and oxygen atoms in total. The van der Waals surface area contributed by atoms with Gasteiger partial charge in [-0.25, -0.2) is 5.43 Å². The molecule has 1 N–H and O–H groups in total. The molecule has 0 atom stereocenters. The first kappa shape index (κ1) is 15.2. The summed E-state index contributed by atoms with van der Waals surface area (Å²) in [5, 5.41) is 4.14. The molecule has 2 aromatic rings. The van der Waals surface area contributed by atoms with Gasteiger partial charge in [-0.1, -0.05) is 40.2 Å². The minimum absolute atomic E-state index is 0.202. The molecule has 2 aromatic carbocycles. The van der Waals surface area contributed by atoms with Gasteiger partial charge in [-0.05, 0) is 59.3 Å². The second-order valence-electron chi connectivity index (χ2n) is 4.12. The Bertz CT molecular complexity index is 653. The summed E-state index contributed by atoms with van der Waals surface area (Å²) in [5.74, 6) is -0.202. The Morgan fingerprint density at radius 1 is 1.15 bits per heavy atom. The van der Waals surface area contributed by atoms with Gasteiger partial charge in [0.1, 0.15) is 0 Å². The van der Waals surface area contributed by atoms with Crippen molar-refractivity contribution >= 4 is 50.1 Å². The molecular weight excluding hydrogens is 431 g/mol. The van der Waals surface area contributed by atoms with E-state index in [4.69, 9.17) is 0 Å². The van der Waals surface area contributed by atoms with Crippen LogP contribution >= 0.6 is 38.5 Å². The highest BCUT2D eigenvalue weighted by atomic mass is 127. The second kappa shape index (κ2) is 6.99. The Labute approximate surface area is 139 Å². The molecule has 0 unspecified atom stereocenters. The molecule has 1 amide bonds. The lowest BCUT2D eigenvalue weighted by Gasteiger charge is -2.04. The highest BCUT2D eigenvalue weighted by molar-refractivity contribution is 14.1. The zero-order valence-electron chi connectivity index (χ0n) is 10.7. The summed E-state index contributed by atoms with van der Waals surface area (Å²) in [4.78, 5) is 12.0. The third-order valence-corrected chi connectivity index (χ3v) is 4.17. The molecule has 0 bridgehead atoms. The van der Waals surface area contributed by atoms with E-state index in [9.17, 15) is 4.79 Å². The van der Waals surface area contributed by atoms with Crippen LogP contribution in [-0.2, 0) is 0 Å². The van der Waals surface area contributed by atoms with E-state index in [1.54, 1.807) is 6.07 Å². The van der Waals surface area contributed by atoms with E-state index in [1.165, 1.54) is 0 Å². The van der Waals surface area contributed by atoms with Crippen molar-refractivity contribution in [3.05, 3.63) is 67.7 Å². The van der Waals surface area contributed by atoms with Gasteiger partial charge in [0.05, 0.1) is 11.3 Å². The molecule has 0 aliphatic heterocycles. The van der Waals surface area contributed by atoms with Gasteiger partial charge in [0.15, 0.2) is 0 Å². The number of carbonyl (C=O) groups is 1. The predicted octanol–water partition coefficient (Wildman–Crippen LogP) is 4.21. The fourth-order valence-electron chi connectivity index (χ4n) is 1.60. The van der Waals surface area contributed by atoms with Gasteiger partial charge >= 0.3 is 0 Å². The van der Waals surface area contributed by atoms with Gasteiger partial charge in [-0.15, -0.1) is 0 Å². The van der Waals surface area contributed by atoms with E-state index in [2.05, 4.69) is 49.0 Å². The van der Waals surface area contributed by atoms with Crippen LogP contribution in [0.15, 0.2) is 58.1 Å². The van der Waals surface area contributed by atoms with Crippen LogP contribution in [0.25, 0.3) is 0 Å². The number of amides is 1. The Balaban J connectivity index is 2.11. The number of benzene rings is 2. The van der Waals surface area contributed by atoms with Gasteiger partial charge in [0.25, 0.3) is 5.91 Å². The Hall–Kier alpha value is -1.21. The summed E-state index contributed by atoms with van der Waals surface area (Å²) >= 11 is 5.52. The van der Waals surface area contributed by atoms with Crippen molar-refractivity contribution in [2.24, 2.45) is 5.10 Å². The van der Waals surface area contributed by atoms with Crippen molar-refractivity contribution in [1.29, 1.82) is 0 Å². The minimum atomic E-state index is -0.202. The lowest BCUT2D eigenvalue weighted by Crippen LogP contribution is -2.20. The average Bonchev–Trinajstić information content (AvgIpc) is 2.45. The number of hydrogen-bond acceptors (Lipinski definition) is 2. The van der Waals surface area contributed by atoms with Gasteiger partial charge in [-0.3, -0.25) is 4.79 Å². The van der Waals surface area contributed by atoms with Crippen LogP contribution in [-0.4, -0.2) is 11.6 Å². The van der Waals surface area contributed by atoms with E-state index in [1.807, 2.05) is 49.4 Å². The third kappa shape index (κ3) is 3.89. The normalized spacial score (nSPS) is 11.2. The number of nitrogens with zero attached hydrogens (tertiary/aromatic N) is 1. The molecule has 0 aromatic heterocycles. The van der Waals surface area contributed by atoms with Crippen molar-refractivity contribution in [3.63, 3.8) is 0 Å². The molecule has 0 fully saturated rings. The number of hydrazone groups is 1. The zero-order valence-corrected chi connectivity index (χ0v) is 14.5. The summed E-state index contributed by atoms with van der Waals surface area (Å²) in [6.45, 7) is 1.86. The number of halogens is 2. The SMILES string of the molecule is C/C(=N\NC(=O)c1ccccc1I)c1ccc(Br)cc1. The first-order valence-electron chi connectivity index (χ1n) is 5.93. The Kier molecular flexibility index (Phi) is 5.31. The third-order valence-electron chi connectivity index (χ3n) is 2.71. The zero-order chi connectivity index (χ0) is 14.5. The van der Waals surface area contributed by atoms with Crippen molar-refractivity contribution < 1.29 is 4.79 Å². The number of carbonyl (C=O) groups excluding carboxylic acids is 1. The molecule has 20 heavy (non-hydrogen) atoms. The first-order chi connectivity index (χ1) is 9.58. The summed E-state index contributed by atoms with van der Waals surface area (Å²) in [6.07, 6.45) is 0. The number of hydrogen-bond donors (Lipinski definition) is 1. The molecule has 0 aliphatic carbocycles. The molecule has 102 valence electrons. The molecule has 0 spiro atoms. The fourth-order valence-corrected chi connectivity index (χ4v) is 2.49. The first-order valence-corrected chi connectivity index (χ1v) is 7.80. The van der Waals surface area contributed by atoms with Crippen LogP contribution < -0.4 is 5.43 Å². The minimum Gasteiger partial charge on any atom is -0.267 e. The molecular formula is C15H12BrIN2O. The van der Waals surface area contributed by atoms with Gasteiger partial charge in [-0.2, -0.15) is 5.10 Å². The van der Waals surface area contributed by atoms with Gasteiger partial charge in [0.2, 0.25) is 0 Å². The van der Waals surface area contributed by atoms with E-state index < -0.39 is 0 Å². The van der Waals surface area contributed by atoms with Gasteiger partial charge < -0.3 is 0 Å². The van der Waals surface area contributed by atoms with Crippen LogP contribution in [0, 0.1) is 3.57 Å². The largest absolute Gasteiger partial charge is 0.272 e. The molecule has 0 aliphatic rings. The van der Waals surface area contributed by atoms with Gasteiger partial charge in [0, 0.05) is 8.04 Å². The summed E-state index contributed by atoms with van der Waals surface area (Å²) in [6, 6.07) is 15.2. The van der Waals surface area contributed by atoms with E-state index >= 15 is 0 Å². The predicted molar refractivity (Wildman–Crippen MR) is 93.0 cm³/mol. The smallest absolute Gasteiger partial charge is 0.267 e. The topological polar surface area (TPSA) is 41.5 Å². The van der Waals surface area contributed by atoms with Crippen LogP contribution in [0.1, 0.15) is 22.8 Å². The summed E-state index contributed by atoms with van der Waals surface area (Å²) in [5.41, 5.74) is 4.94. The standard InChI is InChI=1S/C15H12BrIN2O/c1-10(11-6-8-12(16)9-7-11)18-19-15(20)13-4-2-3-5-14(13)17/h2-9H,1H3,(H,19,20)/b18-10+. The molecule has 5 heteroatoms. The molecule has 0 saturated carbocycles. The summed E-state index contributed by atoms with van der Waals surface area (Å²) < 4.78 is 1.91. The van der Waals surface area contributed by atoms with Crippen molar-refractivity contribution in [2.75, 3.05) is 0 Å². The molecule has 2 rings (SSSR count). The van der Waals surface area contributed by atoms with Crippen LogP contribution in [0.3, 0.4) is 0 Å². The molecule has 0 heterocycles. The van der Waals surface area contributed by atoms with E-state index in [0.29, 0.717) is 5.56 Å². The van der Waals surface area contributed by atoms with Crippen molar-refractivity contribution in [3.8, 4) is 0 Å². The van der Waals surface area contributed by atoms with Crippen molar-refractivity contribution in [2.45, 2.75) is 6.92 Å². The molecule has 0 radical (unpaired) electrons. The summed E-state index contributed by atoms with van der Waals surface area (Å²) in [7, 11) is 0. The van der Waals surface area contributed by atoms with Crippen LogP contribution in [0.2, 0.25) is 0 Å². The van der Waals surface area contributed by atoms with E-state index in [-0.39, 0.29) is 5.91 Å². The highest BCUT2D eigenvalue weighted by Gasteiger charge is 2.08. The second-order valence-corrected chi connectivity index (χ2v) is 6.20.